The van der Waals surface area contributed by atoms with Gasteiger partial charge in [-0.2, -0.15) is 0 Å². The number of fused-ring (bicyclic) bond motifs is 1. The molecule has 2 heterocycles. The molecule has 2 atom stereocenters. The van der Waals surface area contributed by atoms with Crippen molar-refractivity contribution < 1.29 is 9.53 Å². The van der Waals surface area contributed by atoms with Crippen LogP contribution in [-0.2, 0) is 4.79 Å². The highest BCUT2D eigenvalue weighted by Crippen LogP contribution is 2.40. The number of aromatic nitrogens is 2. The molecule has 0 bridgehead atoms. The van der Waals surface area contributed by atoms with Gasteiger partial charge in [-0.25, -0.2) is 0 Å². The number of H-pyrrole nitrogens is 1. The first kappa shape index (κ1) is 20.6. The van der Waals surface area contributed by atoms with Gasteiger partial charge in [0.05, 0.1) is 23.2 Å². The Morgan fingerprint density at radius 3 is 2.64 bits per heavy atom. The summed E-state index contributed by atoms with van der Waals surface area (Å²) in [5.74, 6) is 1.66. The minimum atomic E-state index is -0.197. The molecule has 152 valence electrons. The van der Waals surface area contributed by atoms with Gasteiger partial charge in [0.2, 0.25) is 5.91 Å². The van der Waals surface area contributed by atoms with Gasteiger partial charge < -0.3 is 10.1 Å². The molecular formula is C21H29N3O3S. The van der Waals surface area contributed by atoms with Crippen LogP contribution in [0, 0.1) is 0 Å². The zero-order valence-corrected chi connectivity index (χ0v) is 17.6. The Hall–Kier alpha value is -2.15. The van der Waals surface area contributed by atoms with Crippen LogP contribution in [0.15, 0.2) is 29.1 Å². The Bertz CT molecular complexity index is 857. The molecule has 28 heavy (non-hydrogen) atoms. The average Bonchev–Trinajstić information content (AvgIpc) is 2.91. The molecule has 0 unspecified atom stereocenters. The van der Waals surface area contributed by atoms with E-state index in [-0.39, 0.29) is 22.8 Å². The van der Waals surface area contributed by atoms with E-state index in [0.29, 0.717) is 23.7 Å². The first-order valence-corrected chi connectivity index (χ1v) is 11.1. The van der Waals surface area contributed by atoms with E-state index in [4.69, 9.17) is 4.74 Å². The number of aromatic amines is 1. The van der Waals surface area contributed by atoms with Crippen LogP contribution in [0.1, 0.15) is 68.9 Å². The van der Waals surface area contributed by atoms with E-state index >= 15 is 0 Å². The highest BCUT2D eigenvalue weighted by atomic mass is 32.2. The summed E-state index contributed by atoms with van der Waals surface area (Å²) < 4.78 is 7.58. The summed E-state index contributed by atoms with van der Waals surface area (Å²) >= 11 is 1.48. The number of benzene rings is 1. The van der Waals surface area contributed by atoms with Crippen LogP contribution in [0.25, 0.3) is 0 Å². The summed E-state index contributed by atoms with van der Waals surface area (Å²) in [5, 5.41) is 5.64. The zero-order valence-electron chi connectivity index (χ0n) is 16.8. The summed E-state index contributed by atoms with van der Waals surface area (Å²) in [6.07, 6.45) is 4.23. The van der Waals surface area contributed by atoms with Crippen molar-refractivity contribution in [3.05, 3.63) is 45.7 Å². The Balaban J connectivity index is 1.88. The molecule has 2 aromatic rings. The maximum Gasteiger partial charge on any atom is 0.270 e. The van der Waals surface area contributed by atoms with E-state index in [9.17, 15) is 9.59 Å². The van der Waals surface area contributed by atoms with Gasteiger partial charge in [0, 0.05) is 6.04 Å². The van der Waals surface area contributed by atoms with Crippen LogP contribution in [0.3, 0.4) is 0 Å². The van der Waals surface area contributed by atoms with Crippen LogP contribution in [-0.4, -0.2) is 28.0 Å². The molecule has 1 aromatic heterocycles. The van der Waals surface area contributed by atoms with Crippen molar-refractivity contribution in [1.29, 1.82) is 0 Å². The molecule has 2 N–H and O–H groups in total. The summed E-state index contributed by atoms with van der Waals surface area (Å²) in [6, 6.07) is 7.97. The fourth-order valence-corrected chi connectivity index (χ4v) is 4.43. The average molecular weight is 404 g/mol. The van der Waals surface area contributed by atoms with Crippen molar-refractivity contribution in [2.45, 2.75) is 57.7 Å². The molecular weight excluding hydrogens is 374 g/mol. The molecule has 0 radical (unpaired) electrons. The molecule has 1 aromatic carbocycles. The highest BCUT2D eigenvalue weighted by molar-refractivity contribution is 8.00. The number of nitrogens with one attached hydrogen (secondary N) is 2. The van der Waals surface area contributed by atoms with E-state index < -0.39 is 0 Å². The summed E-state index contributed by atoms with van der Waals surface area (Å²) in [6.45, 7) is 6.97. The van der Waals surface area contributed by atoms with Gasteiger partial charge in [0.25, 0.3) is 5.56 Å². The van der Waals surface area contributed by atoms with Crippen molar-refractivity contribution in [2.75, 3.05) is 17.7 Å². The third-order valence-electron chi connectivity index (χ3n) is 5.09. The number of hydrogen-bond acceptors (Lipinski definition) is 4. The lowest BCUT2D eigenvalue weighted by molar-refractivity contribution is -0.113. The number of ether oxygens (including phenoxy) is 1. The lowest BCUT2D eigenvalue weighted by Gasteiger charge is -2.16. The molecule has 0 saturated heterocycles. The number of rotatable bonds is 8. The smallest absolute Gasteiger partial charge is 0.270 e. The fraction of sp³-hybridized carbons (Fsp3) is 0.524. The Kier molecular flexibility index (Phi) is 6.88. The largest absolute Gasteiger partial charge is 0.494 e. The topological polar surface area (TPSA) is 76.1 Å². The van der Waals surface area contributed by atoms with Gasteiger partial charge >= 0.3 is 0 Å². The van der Waals surface area contributed by atoms with Crippen molar-refractivity contribution in [3.63, 3.8) is 0 Å². The van der Waals surface area contributed by atoms with Gasteiger partial charge in [-0.3, -0.25) is 19.4 Å². The molecule has 1 aliphatic rings. The molecule has 0 aliphatic carbocycles. The zero-order chi connectivity index (χ0) is 20.1. The predicted molar refractivity (Wildman–Crippen MR) is 114 cm³/mol. The molecule has 0 spiro atoms. The van der Waals surface area contributed by atoms with E-state index in [2.05, 4.69) is 24.3 Å². The Morgan fingerprint density at radius 2 is 1.96 bits per heavy atom. The fourth-order valence-electron chi connectivity index (χ4n) is 3.30. The number of hydrogen-bond donors (Lipinski definition) is 2. The third-order valence-corrected chi connectivity index (χ3v) is 6.36. The molecule has 1 amide bonds. The van der Waals surface area contributed by atoms with Crippen molar-refractivity contribution in [3.8, 4) is 5.75 Å². The minimum absolute atomic E-state index is 0.0827. The van der Waals surface area contributed by atoms with Crippen LogP contribution in [0.5, 0.6) is 5.75 Å². The molecule has 1 aliphatic heterocycles. The molecule has 7 heteroatoms. The quantitative estimate of drug-likeness (QED) is 0.637. The number of carbonyl (C=O) groups excluding carboxylic acids is 1. The standard InChI is InChI=1S/C21H29N3O3S/c1-4-6-7-12-27-16-10-8-15(9-11-16)19-18-20(22-17(25)13-28-19)24(14(3)5-2)23-21(18)26/h8-11,14,19H,4-7,12-13H2,1-3H3,(H,22,25)(H,23,26)/t14-,19+/m1/s1. The van der Waals surface area contributed by atoms with Crippen LogP contribution >= 0.6 is 11.8 Å². The van der Waals surface area contributed by atoms with Crippen molar-refractivity contribution >= 4 is 23.5 Å². The Labute approximate surface area is 170 Å². The predicted octanol–water partition coefficient (Wildman–Crippen LogP) is 4.49. The van der Waals surface area contributed by atoms with Gasteiger partial charge in [-0.15, -0.1) is 11.8 Å². The molecule has 6 nitrogen and oxygen atoms in total. The molecule has 0 fully saturated rings. The number of thioether (sulfide) groups is 1. The summed E-state index contributed by atoms with van der Waals surface area (Å²) in [4.78, 5) is 25.0. The van der Waals surface area contributed by atoms with E-state index in [0.717, 1.165) is 30.6 Å². The molecule has 0 saturated carbocycles. The molecule has 3 rings (SSSR count). The van der Waals surface area contributed by atoms with Gasteiger partial charge in [-0.05, 0) is 37.5 Å². The van der Waals surface area contributed by atoms with E-state index in [1.165, 1.54) is 18.2 Å². The first-order valence-electron chi connectivity index (χ1n) is 10.0. The number of amides is 1. The summed E-state index contributed by atoms with van der Waals surface area (Å²) in [5.41, 5.74) is 1.47. The van der Waals surface area contributed by atoms with Crippen LogP contribution < -0.4 is 15.6 Å². The second-order valence-electron chi connectivity index (χ2n) is 7.19. The number of anilines is 1. The van der Waals surface area contributed by atoms with Gasteiger partial charge in [0.15, 0.2) is 0 Å². The number of carbonyl (C=O) groups is 1. The van der Waals surface area contributed by atoms with Crippen molar-refractivity contribution in [2.24, 2.45) is 0 Å². The van der Waals surface area contributed by atoms with Crippen LogP contribution in [0.4, 0.5) is 5.82 Å². The monoisotopic (exact) mass is 403 g/mol. The van der Waals surface area contributed by atoms with Gasteiger partial charge in [-0.1, -0.05) is 38.8 Å². The second kappa shape index (κ2) is 9.37. The normalized spacial score (nSPS) is 17.5. The lowest BCUT2D eigenvalue weighted by Crippen LogP contribution is -2.18. The first-order chi connectivity index (χ1) is 13.5. The maximum absolute atomic E-state index is 12.8. The Morgan fingerprint density at radius 1 is 1.21 bits per heavy atom. The lowest BCUT2D eigenvalue weighted by atomic mass is 10.1. The van der Waals surface area contributed by atoms with Crippen LogP contribution in [0.2, 0.25) is 0 Å². The van der Waals surface area contributed by atoms with Crippen molar-refractivity contribution in [1.82, 2.24) is 9.78 Å². The minimum Gasteiger partial charge on any atom is -0.494 e. The van der Waals surface area contributed by atoms with E-state index in [1.807, 2.05) is 31.2 Å². The van der Waals surface area contributed by atoms with Gasteiger partial charge in [0.1, 0.15) is 11.6 Å². The second-order valence-corrected chi connectivity index (χ2v) is 8.29. The maximum atomic E-state index is 12.8. The SMILES string of the molecule is CCCCCOc1ccc([C@@H]2SCC(=O)Nc3c2c(=O)[nH]n3[C@H](C)CC)cc1. The summed E-state index contributed by atoms with van der Waals surface area (Å²) in [7, 11) is 0. The highest BCUT2D eigenvalue weighted by Gasteiger charge is 2.31. The number of nitrogens with zero attached hydrogens (tertiary/aromatic N) is 1. The van der Waals surface area contributed by atoms with E-state index in [1.54, 1.807) is 4.68 Å². The third kappa shape index (κ3) is 4.46. The number of unbranched alkanes of at least 4 members (excludes halogenated alkanes) is 2.